The van der Waals surface area contributed by atoms with Gasteiger partial charge in [-0.15, -0.1) is 0 Å². The summed E-state index contributed by atoms with van der Waals surface area (Å²) < 4.78 is 14.5. The monoisotopic (exact) mass is 138 g/mol. The molecule has 0 heterocycles. The summed E-state index contributed by atoms with van der Waals surface area (Å²) in [5.41, 5.74) is -0.495. The highest BCUT2D eigenvalue weighted by atomic mass is 31.1. The van der Waals surface area contributed by atoms with Crippen LogP contribution in [-0.2, 0) is 9.09 Å². The van der Waals surface area contributed by atoms with Gasteiger partial charge in [-0.1, -0.05) is 0 Å². The van der Waals surface area contributed by atoms with Crippen molar-refractivity contribution in [2.75, 3.05) is 0 Å². The van der Waals surface area contributed by atoms with Crippen LogP contribution in [0.1, 0.15) is 20.8 Å². The molecule has 0 amide bonds. The van der Waals surface area contributed by atoms with Crippen LogP contribution in [-0.4, -0.2) is 10.5 Å². The van der Waals surface area contributed by atoms with Crippen LogP contribution in [0.25, 0.3) is 0 Å². The molecule has 0 aromatic heterocycles. The van der Waals surface area contributed by atoms with E-state index >= 15 is 0 Å². The van der Waals surface area contributed by atoms with Gasteiger partial charge in [-0.3, -0.25) is 4.57 Å². The third kappa shape index (κ3) is 6.15. The Morgan fingerprint density at radius 2 is 1.88 bits per heavy atom. The zero-order valence-corrected chi connectivity index (χ0v) is 6.26. The maximum absolute atomic E-state index is 9.98. The highest BCUT2D eigenvalue weighted by molar-refractivity contribution is 7.32. The SMILES string of the molecule is CC(C)(C)O[PH](=O)O. The van der Waals surface area contributed by atoms with Crippen LogP contribution in [0.4, 0.5) is 0 Å². The van der Waals surface area contributed by atoms with Crippen molar-refractivity contribution >= 4 is 8.25 Å². The number of hydrogen-bond donors (Lipinski definition) is 1. The fourth-order valence-electron chi connectivity index (χ4n) is 0.262. The first-order valence-corrected chi connectivity index (χ1v) is 3.60. The van der Waals surface area contributed by atoms with Crippen molar-refractivity contribution in [1.82, 2.24) is 0 Å². The van der Waals surface area contributed by atoms with E-state index < -0.39 is 13.9 Å². The van der Waals surface area contributed by atoms with Crippen molar-refractivity contribution in [1.29, 1.82) is 0 Å². The molecule has 50 valence electrons. The molecule has 0 aliphatic heterocycles. The lowest BCUT2D eigenvalue weighted by atomic mass is 10.2. The van der Waals surface area contributed by atoms with E-state index in [1.165, 1.54) is 0 Å². The Bertz CT molecular complexity index is 93.9. The molecule has 0 saturated carbocycles. The predicted molar refractivity (Wildman–Crippen MR) is 32.1 cm³/mol. The molecule has 0 aliphatic carbocycles. The van der Waals surface area contributed by atoms with Gasteiger partial charge in [0, 0.05) is 0 Å². The summed E-state index contributed by atoms with van der Waals surface area (Å²) in [6.45, 7) is 5.18. The van der Waals surface area contributed by atoms with Crippen LogP contribution in [0.15, 0.2) is 0 Å². The minimum Gasteiger partial charge on any atom is -0.326 e. The predicted octanol–water partition coefficient (Wildman–Crippen LogP) is 1.18. The zero-order valence-electron chi connectivity index (χ0n) is 5.26. The molecule has 0 spiro atoms. The zero-order chi connectivity index (χ0) is 6.78. The first kappa shape index (κ1) is 8.15. The molecule has 3 nitrogen and oxygen atoms in total. The van der Waals surface area contributed by atoms with E-state index in [-0.39, 0.29) is 0 Å². The maximum Gasteiger partial charge on any atom is 0.317 e. The molecule has 1 N–H and O–H groups in total. The van der Waals surface area contributed by atoms with Crippen molar-refractivity contribution in [2.45, 2.75) is 26.4 Å². The Kier molecular flexibility index (Phi) is 2.67. The van der Waals surface area contributed by atoms with Crippen molar-refractivity contribution in [3.05, 3.63) is 0 Å². The van der Waals surface area contributed by atoms with Gasteiger partial charge in [0.2, 0.25) is 0 Å². The molecule has 1 unspecified atom stereocenters. The second-order valence-corrected chi connectivity index (χ2v) is 3.22. The molecule has 0 radical (unpaired) electrons. The summed E-state index contributed by atoms with van der Waals surface area (Å²) in [7, 11) is -2.74. The summed E-state index contributed by atoms with van der Waals surface area (Å²) in [6, 6.07) is 0. The second kappa shape index (κ2) is 2.62. The normalized spacial score (nSPS) is 16.0. The Morgan fingerprint density at radius 3 is 1.88 bits per heavy atom. The van der Waals surface area contributed by atoms with E-state index in [9.17, 15) is 4.57 Å². The topological polar surface area (TPSA) is 46.5 Å². The van der Waals surface area contributed by atoms with Crippen molar-refractivity contribution < 1.29 is 14.0 Å². The summed E-state index contributed by atoms with van der Waals surface area (Å²) in [4.78, 5) is 8.21. The molecule has 0 aromatic rings. The molecule has 4 heteroatoms. The van der Waals surface area contributed by atoms with Crippen LogP contribution in [0.3, 0.4) is 0 Å². The van der Waals surface area contributed by atoms with Gasteiger partial charge in [-0.25, -0.2) is 0 Å². The molecule has 0 rings (SSSR count). The second-order valence-electron chi connectivity index (χ2n) is 2.48. The lowest BCUT2D eigenvalue weighted by molar-refractivity contribution is 0.123. The van der Waals surface area contributed by atoms with E-state index in [1.807, 2.05) is 0 Å². The van der Waals surface area contributed by atoms with Crippen molar-refractivity contribution in [3.8, 4) is 0 Å². The van der Waals surface area contributed by atoms with Crippen molar-refractivity contribution in [3.63, 3.8) is 0 Å². The molecule has 8 heavy (non-hydrogen) atoms. The van der Waals surface area contributed by atoms with Gasteiger partial charge in [-0.2, -0.15) is 0 Å². The van der Waals surface area contributed by atoms with Gasteiger partial charge in [0.05, 0.1) is 5.60 Å². The van der Waals surface area contributed by atoms with E-state index in [2.05, 4.69) is 4.52 Å². The van der Waals surface area contributed by atoms with Gasteiger partial charge in [0.1, 0.15) is 0 Å². The van der Waals surface area contributed by atoms with Crippen LogP contribution >= 0.6 is 8.25 Å². The quantitative estimate of drug-likeness (QED) is 0.553. The average Bonchev–Trinajstić information content (AvgIpc) is 1.21. The number of rotatable bonds is 1. The van der Waals surface area contributed by atoms with Gasteiger partial charge in [0.15, 0.2) is 0 Å². The Morgan fingerprint density at radius 1 is 1.50 bits per heavy atom. The minimum atomic E-state index is -2.74. The fraction of sp³-hybridized carbons (Fsp3) is 1.00. The molecule has 0 aromatic carbocycles. The fourth-order valence-corrected chi connectivity index (χ4v) is 0.786. The number of hydrogen-bond acceptors (Lipinski definition) is 2. The third-order valence-corrected chi connectivity index (χ3v) is 1.18. The Labute approximate surface area is 49.6 Å². The highest BCUT2D eigenvalue weighted by Gasteiger charge is 2.11. The molecule has 0 fully saturated rings. The minimum absolute atomic E-state index is 0.495. The molecule has 1 atom stereocenters. The van der Waals surface area contributed by atoms with Gasteiger partial charge < -0.3 is 9.42 Å². The van der Waals surface area contributed by atoms with E-state index in [0.29, 0.717) is 0 Å². The van der Waals surface area contributed by atoms with Gasteiger partial charge in [0.25, 0.3) is 0 Å². The lowest BCUT2D eigenvalue weighted by Gasteiger charge is -2.15. The van der Waals surface area contributed by atoms with Crippen molar-refractivity contribution in [2.24, 2.45) is 0 Å². The molecule has 0 aliphatic rings. The molecule has 0 saturated heterocycles. The van der Waals surface area contributed by atoms with Crippen LogP contribution in [0, 0.1) is 0 Å². The first-order valence-electron chi connectivity index (χ1n) is 2.34. The molecular formula is C4H11O3P. The standard InChI is InChI=1S/C4H11O3P/c1-4(2,3)7-8(5)6/h8H,1-3H3,(H,5,6). The summed E-state index contributed by atoms with van der Waals surface area (Å²) in [5, 5.41) is 0. The highest BCUT2D eigenvalue weighted by Crippen LogP contribution is 2.24. The first-order chi connectivity index (χ1) is 3.42. The average molecular weight is 138 g/mol. The molecule has 0 bridgehead atoms. The molecular weight excluding hydrogens is 127 g/mol. The lowest BCUT2D eigenvalue weighted by Crippen LogP contribution is -2.14. The van der Waals surface area contributed by atoms with E-state index in [4.69, 9.17) is 4.89 Å². The Hall–Kier alpha value is 0.150. The largest absolute Gasteiger partial charge is 0.326 e. The third-order valence-electron chi connectivity index (χ3n) is 0.393. The van der Waals surface area contributed by atoms with Crippen LogP contribution < -0.4 is 0 Å². The van der Waals surface area contributed by atoms with E-state index in [0.717, 1.165) is 0 Å². The smallest absolute Gasteiger partial charge is 0.317 e. The maximum atomic E-state index is 9.98. The van der Waals surface area contributed by atoms with Crippen LogP contribution in [0.2, 0.25) is 0 Å². The van der Waals surface area contributed by atoms with Gasteiger partial charge in [-0.05, 0) is 20.8 Å². The summed E-state index contributed by atoms with van der Waals surface area (Å²) in [6.07, 6.45) is 0. The van der Waals surface area contributed by atoms with Crippen LogP contribution in [0.5, 0.6) is 0 Å². The van der Waals surface area contributed by atoms with Gasteiger partial charge >= 0.3 is 8.25 Å². The Balaban J connectivity index is 3.55. The van der Waals surface area contributed by atoms with E-state index in [1.54, 1.807) is 20.8 Å². The summed E-state index contributed by atoms with van der Waals surface area (Å²) >= 11 is 0. The summed E-state index contributed by atoms with van der Waals surface area (Å²) in [5.74, 6) is 0.